The third-order valence-electron chi connectivity index (χ3n) is 3.80. The monoisotopic (exact) mass is 380 g/mol. The van der Waals surface area contributed by atoms with Gasteiger partial charge in [0.25, 0.3) is 10.0 Å². The Balaban J connectivity index is 1.98. The van der Waals surface area contributed by atoms with Crippen molar-refractivity contribution in [1.29, 1.82) is 0 Å². The molecule has 0 saturated heterocycles. The van der Waals surface area contributed by atoms with Gasteiger partial charge < -0.3 is 5.32 Å². The summed E-state index contributed by atoms with van der Waals surface area (Å²) in [7, 11) is -3.57. The fourth-order valence-electron chi connectivity index (χ4n) is 2.58. The van der Waals surface area contributed by atoms with Crippen LogP contribution in [0.2, 0.25) is 0 Å². The van der Waals surface area contributed by atoms with Crippen molar-refractivity contribution in [1.82, 2.24) is 5.32 Å². The molecular formula is C16H17BrN2O2S. The van der Waals surface area contributed by atoms with E-state index in [1.807, 2.05) is 19.1 Å². The molecule has 0 aromatic heterocycles. The first-order valence-corrected chi connectivity index (χ1v) is 9.35. The van der Waals surface area contributed by atoms with Gasteiger partial charge in [0.15, 0.2) is 0 Å². The smallest absolute Gasteiger partial charge is 0.261 e. The number of nitrogens with one attached hydrogen (secondary N) is 2. The third-order valence-corrected chi connectivity index (χ3v) is 5.93. The van der Waals surface area contributed by atoms with Gasteiger partial charge in [-0.15, -0.1) is 0 Å². The van der Waals surface area contributed by atoms with Gasteiger partial charge in [0.05, 0.1) is 10.6 Å². The van der Waals surface area contributed by atoms with Crippen molar-refractivity contribution in [3.05, 3.63) is 57.6 Å². The van der Waals surface area contributed by atoms with Crippen LogP contribution in [0.3, 0.4) is 0 Å². The maximum atomic E-state index is 12.5. The maximum Gasteiger partial charge on any atom is 0.261 e. The zero-order valence-corrected chi connectivity index (χ0v) is 14.6. The van der Waals surface area contributed by atoms with Crippen molar-refractivity contribution in [2.45, 2.75) is 24.8 Å². The zero-order valence-electron chi connectivity index (χ0n) is 12.2. The number of sulfonamides is 1. The first-order chi connectivity index (χ1) is 10.5. The second-order valence-corrected chi connectivity index (χ2v) is 7.93. The molecule has 2 aromatic rings. The van der Waals surface area contributed by atoms with Crippen LogP contribution < -0.4 is 10.0 Å². The van der Waals surface area contributed by atoms with Crippen molar-refractivity contribution in [3.8, 4) is 0 Å². The Labute approximate surface area is 139 Å². The Bertz CT molecular complexity index is 802. The lowest BCUT2D eigenvalue weighted by Gasteiger charge is -2.22. The van der Waals surface area contributed by atoms with Gasteiger partial charge in [-0.2, -0.15) is 0 Å². The molecule has 0 bridgehead atoms. The number of fused-ring (bicyclic) bond motifs is 1. The molecule has 0 radical (unpaired) electrons. The molecule has 1 aliphatic rings. The largest absolute Gasteiger partial charge is 0.312 e. The van der Waals surface area contributed by atoms with E-state index in [1.54, 1.807) is 24.3 Å². The summed E-state index contributed by atoms with van der Waals surface area (Å²) in [6.45, 7) is 3.50. The molecule has 22 heavy (non-hydrogen) atoms. The second-order valence-electron chi connectivity index (χ2n) is 5.40. The molecule has 0 unspecified atom stereocenters. The highest BCUT2D eigenvalue weighted by Crippen LogP contribution is 2.31. The highest BCUT2D eigenvalue weighted by molar-refractivity contribution is 9.10. The fourth-order valence-corrected chi connectivity index (χ4v) is 4.24. The van der Waals surface area contributed by atoms with Crippen LogP contribution >= 0.6 is 15.9 Å². The Hall–Kier alpha value is -1.37. The third kappa shape index (κ3) is 3.04. The predicted molar refractivity (Wildman–Crippen MR) is 91.5 cm³/mol. The molecule has 2 N–H and O–H groups in total. The van der Waals surface area contributed by atoms with E-state index in [0.717, 1.165) is 28.6 Å². The number of hydrogen-bond donors (Lipinski definition) is 2. The zero-order chi connectivity index (χ0) is 15.7. The average Bonchev–Trinajstić information content (AvgIpc) is 2.51. The maximum absolute atomic E-state index is 12.5. The molecule has 2 aromatic carbocycles. The van der Waals surface area contributed by atoms with Crippen molar-refractivity contribution < 1.29 is 8.42 Å². The van der Waals surface area contributed by atoms with Gasteiger partial charge in [-0.05, 0) is 55.3 Å². The first kappa shape index (κ1) is 15.5. The molecule has 0 saturated carbocycles. The molecule has 0 fully saturated rings. The van der Waals surface area contributed by atoms with Gasteiger partial charge in [0.1, 0.15) is 0 Å². The first-order valence-electron chi connectivity index (χ1n) is 7.08. The highest BCUT2D eigenvalue weighted by Gasteiger charge is 2.20. The quantitative estimate of drug-likeness (QED) is 0.859. The van der Waals surface area contributed by atoms with E-state index in [2.05, 4.69) is 26.0 Å². The molecule has 0 aliphatic carbocycles. The molecule has 3 rings (SSSR count). The Kier molecular flexibility index (Phi) is 4.25. The number of benzene rings is 2. The Morgan fingerprint density at radius 1 is 1.09 bits per heavy atom. The van der Waals surface area contributed by atoms with Crippen LogP contribution in [0.25, 0.3) is 0 Å². The van der Waals surface area contributed by atoms with E-state index in [9.17, 15) is 8.42 Å². The number of anilines is 1. The summed E-state index contributed by atoms with van der Waals surface area (Å²) in [5.74, 6) is 0. The Morgan fingerprint density at radius 2 is 1.82 bits per heavy atom. The molecular weight excluding hydrogens is 364 g/mol. The predicted octanol–water partition coefficient (Wildman–Crippen LogP) is 3.20. The molecule has 116 valence electrons. The van der Waals surface area contributed by atoms with Crippen molar-refractivity contribution in [3.63, 3.8) is 0 Å². The molecule has 0 atom stereocenters. The second kappa shape index (κ2) is 6.02. The molecule has 1 aliphatic heterocycles. The van der Waals surface area contributed by atoms with E-state index < -0.39 is 10.0 Å². The molecule has 0 spiro atoms. The SMILES string of the molecule is Cc1ccc(S(=O)(=O)Nc2ccc(Br)c3c2CNCC3)cc1. The van der Waals surface area contributed by atoms with E-state index in [0.29, 0.717) is 12.2 Å². The van der Waals surface area contributed by atoms with Crippen LogP contribution in [0, 0.1) is 6.92 Å². The van der Waals surface area contributed by atoms with Crippen LogP contribution in [0.15, 0.2) is 45.8 Å². The lowest BCUT2D eigenvalue weighted by Crippen LogP contribution is -2.26. The number of rotatable bonds is 3. The van der Waals surface area contributed by atoms with Crippen LogP contribution in [-0.4, -0.2) is 15.0 Å². The lowest BCUT2D eigenvalue weighted by molar-refractivity contribution is 0.600. The summed E-state index contributed by atoms with van der Waals surface area (Å²) in [6.07, 6.45) is 0.885. The summed E-state index contributed by atoms with van der Waals surface area (Å²) in [5, 5.41) is 3.29. The summed E-state index contributed by atoms with van der Waals surface area (Å²) in [5.41, 5.74) is 3.86. The van der Waals surface area contributed by atoms with E-state index in [1.165, 1.54) is 5.56 Å². The van der Waals surface area contributed by atoms with Gasteiger partial charge in [0, 0.05) is 11.0 Å². The van der Waals surface area contributed by atoms with E-state index in [-0.39, 0.29) is 4.90 Å². The molecule has 6 heteroatoms. The summed E-state index contributed by atoms with van der Waals surface area (Å²) in [4.78, 5) is 0.276. The van der Waals surface area contributed by atoms with Gasteiger partial charge in [0.2, 0.25) is 0 Å². The van der Waals surface area contributed by atoms with Crippen LogP contribution in [0.5, 0.6) is 0 Å². The van der Waals surface area contributed by atoms with Crippen LogP contribution in [0.4, 0.5) is 5.69 Å². The molecule has 0 amide bonds. The van der Waals surface area contributed by atoms with Crippen molar-refractivity contribution in [2.24, 2.45) is 0 Å². The van der Waals surface area contributed by atoms with E-state index >= 15 is 0 Å². The van der Waals surface area contributed by atoms with Crippen LogP contribution in [0.1, 0.15) is 16.7 Å². The number of aryl methyl sites for hydroxylation is 1. The average molecular weight is 381 g/mol. The van der Waals surface area contributed by atoms with Gasteiger partial charge in [-0.1, -0.05) is 33.6 Å². The Morgan fingerprint density at radius 3 is 2.55 bits per heavy atom. The summed E-state index contributed by atoms with van der Waals surface area (Å²) in [6, 6.07) is 10.6. The van der Waals surface area contributed by atoms with Gasteiger partial charge in [-0.3, -0.25) is 4.72 Å². The van der Waals surface area contributed by atoms with Gasteiger partial charge in [-0.25, -0.2) is 8.42 Å². The molecule has 1 heterocycles. The summed E-state index contributed by atoms with van der Waals surface area (Å²) >= 11 is 3.54. The van der Waals surface area contributed by atoms with Gasteiger partial charge >= 0.3 is 0 Å². The lowest BCUT2D eigenvalue weighted by atomic mass is 10.00. The fraction of sp³-hybridized carbons (Fsp3) is 0.250. The standard InChI is InChI=1S/C16H17BrN2O2S/c1-11-2-4-12(5-3-11)22(20,21)19-16-7-6-15(17)13-8-9-18-10-14(13)16/h2-7,18-19H,8-10H2,1H3. The van der Waals surface area contributed by atoms with E-state index in [4.69, 9.17) is 0 Å². The highest BCUT2D eigenvalue weighted by atomic mass is 79.9. The normalized spacial score (nSPS) is 14.5. The molecule has 4 nitrogen and oxygen atoms in total. The van der Waals surface area contributed by atoms with Crippen molar-refractivity contribution in [2.75, 3.05) is 11.3 Å². The minimum Gasteiger partial charge on any atom is -0.312 e. The minimum absolute atomic E-state index is 0.276. The topological polar surface area (TPSA) is 58.2 Å². The minimum atomic E-state index is -3.57. The van der Waals surface area contributed by atoms with Crippen molar-refractivity contribution >= 4 is 31.6 Å². The van der Waals surface area contributed by atoms with Crippen LogP contribution in [-0.2, 0) is 23.0 Å². The number of halogens is 1. The summed E-state index contributed by atoms with van der Waals surface area (Å²) < 4.78 is 28.8. The number of hydrogen-bond acceptors (Lipinski definition) is 3.